The molecule has 0 bridgehead atoms. The van der Waals surface area contributed by atoms with Crippen LogP contribution in [-0.4, -0.2) is 25.9 Å². The van der Waals surface area contributed by atoms with Gasteiger partial charge < -0.3 is 0 Å². The van der Waals surface area contributed by atoms with Crippen molar-refractivity contribution in [1.29, 1.82) is 0 Å². The van der Waals surface area contributed by atoms with E-state index < -0.39 is 15.8 Å². The molecule has 0 aromatic heterocycles. The van der Waals surface area contributed by atoms with Crippen LogP contribution >= 0.6 is 0 Å². The molecule has 6 heteroatoms. The molecular formula is C28H33FN2O2S. The summed E-state index contributed by atoms with van der Waals surface area (Å²) in [4.78, 5) is 2.70. The number of halogens is 1. The van der Waals surface area contributed by atoms with Crippen LogP contribution in [0.15, 0.2) is 71.6 Å². The van der Waals surface area contributed by atoms with Crippen molar-refractivity contribution in [3.05, 3.63) is 94.8 Å². The number of anilines is 1. The topological polar surface area (TPSA) is 49.4 Å². The molecule has 0 aliphatic carbocycles. The lowest BCUT2D eigenvalue weighted by atomic mass is 9.86. The minimum Gasteiger partial charge on any atom is -0.296 e. The zero-order valence-electron chi connectivity index (χ0n) is 20.3. The second-order valence-corrected chi connectivity index (χ2v) is 11.9. The first-order valence-electron chi connectivity index (χ1n) is 11.7. The van der Waals surface area contributed by atoms with Gasteiger partial charge >= 0.3 is 0 Å². The second-order valence-electron chi connectivity index (χ2n) is 10.3. The van der Waals surface area contributed by atoms with Crippen molar-refractivity contribution in [1.82, 2.24) is 4.90 Å². The molecule has 0 radical (unpaired) electrons. The minimum absolute atomic E-state index is 0.154. The van der Waals surface area contributed by atoms with E-state index >= 15 is 0 Å². The maximum Gasteiger partial charge on any atom is 0.261 e. The van der Waals surface area contributed by atoms with Crippen molar-refractivity contribution in [3.63, 3.8) is 0 Å². The number of sulfonamides is 1. The van der Waals surface area contributed by atoms with Gasteiger partial charge in [0.05, 0.1) is 4.90 Å². The van der Waals surface area contributed by atoms with Gasteiger partial charge in [0.1, 0.15) is 5.82 Å². The van der Waals surface area contributed by atoms with Crippen molar-refractivity contribution in [2.45, 2.75) is 63.4 Å². The summed E-state index contributed by atoms with van der Waals surface area (Å²) in [7, 11) is -3.73. The molecule has 1 aliphatic heterocycles. The van der Waals surface area contributed by atoms with Gasteiger partial charge in [-0.1, -0.05) is 51.1 Å². The molecule has 0 spiro atoms. The molecule has 3 aromatic rings. The monoisotopic (exact) mass is 480 g/mol. The molecule has 0 amide bonds. The van der Waals surface area contributed by atoms with Gasteiger partial charge in [-0.25, -0.2) is 12.8 Å². The molecule has 0 saturated carbocycles. The van der Waals surface area contributed by atoms with E-state index in [0.717, 1.165) is 31.5 Å². The number of benzene rings is 3. The average Bonchev–Trinajstić information content (AvgIpc) is 2.79. The summed E-state index contributed by atoms with van der Waals surface area (Å²) in [6.45, 7) is 10.6. The maximum absolute atomic E-state index is 13.1. The Balaban J connectivity index is 1.42. The molecule has 1 unspecified atom stereocenters. The molecule has 4 nitrogen and oxygen atoms in total. The van der Waals surface area contributed by atoms with Gasteiger partial charge in [-0.15, -0.1) is 0 Å². The van der Waals surface area contributed by atoms with E-state index in [4.69, 9.17) is 0 Å². The van der Waals surface area contributed by atoms with E-state index in [1.165, 1.54) is 41.0 Å². The van der Waals surface area contributed by atoms with E-state index in [1.54, 1.807) is 12.1 Å². The lowest BCUT2D eigenvalue weighted by Gasteiger charge is -2.34. The first-order valence-corrected chi connectivity index (χ1v) is 13.2. The number of hydrogen-bond donors (Lipinski definition) is 1. The van der Waals surface area contributed by atoms with Gasteiger partial charge in [-0.3, -0.25) is 9.62 Å². The standard InChI is InChI=1S/C28H33FN2O2S/c1-20(17-21-5-8-24(9-6-21)28(2,3)4)31-16-15-22-18-27(14-7-23(22)19-31)34(32,33)30-26-12-10-25(29)11-13-26/h5-14,18,20,30H,15-17,19H2,1-4H3. The highest BCUT2D eigenvalue weighted by atomic mass is 32.2. The second kappa shape index (κ2) is 9.51. The van der Waals surface area contributed by atoms with E-state index in [-0.39, 0.29) is 10.3 Å². The fourth-order valence-corrected chi connectivity index (χ4v) is 5.55. The molecule has 4 rings (SSSR count). The SMILES string of the molecule is CC(Cc1ccc(C(C)(C)C)cc1)N1CCc2cc(S(=O)(=O)Nc3ccc(F)cc3)ccc2C1. The fraction of sp³-hybridized carbons (Fsp3) is 0.357. The van der Waals surface area contributed by atoms with E-state index in [2.05, 4.69) is 61.6 Å². The highest BCUT2D eigenvalue weighted by Gasteiger charge is 2.24. The van der Waals surface area contributed by atoms with Crippen molar-refractivity contribution in [3.8, 4) is 0 Å². The van der Waals surface area contributed by atoms with Gasteiger partial charge in [0.15, 0.2) is 0 Å². The normalized spacial score (nSPS) is 15.6. The molecule has 0 fully saturated rings. The van der Waals surface area contributed by atoms with Crippen molar-refractivity contribution in [2.75, 3.05) is 11.3 Å². The van der Waals surface area contributed by atoms with Crippen molar-refractivity contribution in [2.24, 2.45) is 0 Å². The van der Waals surface area contributed by atoms with Crippen molar-refractivity contribution < 1.29 is 12.8 Å². The number of hydrogen-bond acceptors (Lipinski definition) is 3. The highest BCUT2D eigenvalue weighted by molar-refractivity contribution is 7.92. The quantitative estimate of drug-likeness (QED) is 0.477. The largest absolute Gasteiger partial charge is 0.296 e. The Hall–Kier alpha value is -2.70. The Labute approximate surface area is 202 Å². The van der Waals surface area contributed by atoms with Crippen LogP contribution in [0.3, 0.4) is 0 Å². The van der Waals surface area contributed by atoms with Crippen LogP contribution in [0.1, 0.15) is 49.9 Å². The molecule has 1 heterocycles. The average molecular weight is 481 g/mol. The summed E-state index contributed by atoms with van der Waals surface area (Å²) in [6.07, 6.45) is 1.79. The number of fused-ring (bicyclic) bond motifs is 1. The Morgan fingerprint density at radius 1 is 0.971 bits per heavy atom. The number of rotatable bonds is 6. The summed E-state index contributed by atoms with van der Waals surface area (Å²) in [5.74, 6) is -0.405. The molecule has 1 aliphatic rings. The third-order valence-corrected chi connectivity index (χ3v) is 7.98. The summed E-state index contributed by atoms with van der Waals surface area (Å²) in [5, 5.41) is 0. The van der Waals surface area contributed by atoms with Crippen LogP contribution in [0.4, 0.5) is 10.1 Å². The highest BCUT2D eigenvalue weighted by Crippen LogP contribution is 2.27. The molecule has 1 atom stereocenters. The van der Waals surface area contributed by atoms with Gasteiger partial charge in [0.2, 0.25) is 0 Å². The zero-order valence-corrected chi connectivity index (χ0v) is 21.1. The fourth-order valence-electron chi connectivity index (χ4n) is 4.44. The Bertz CT molecular complexity index is 1250. The molecule has 180 valence electrons. The van der Waals surface area contributed by atoms with Gasteiger partial charge in [0.25, 0.3) is 10.0 Å². The Morgan fingerprint density at radius 3 is 2.29 bits per heavy atom. The molecular weight excluding hydrogens is 447 g/mol. The minimum atomic E-state index is -3.73. The Kier molecular flexibility index (Phi) is 6.83. The van der Waals surface area contributed by atoms with E-state index in [9.17, 15) is 12.8 Å². The predicted molar refractivity (Wildman–Crippen MR) is 136 cm³/mol. The maximum atomic E-state index is 13.1. The van der Waals surface area contributed by atoms with Crippen LogP contribution in [-0.2, 0) is 34.8 Å². The molecule has 3 aromatic carbocycles. The first kappa shape index (κ1) is 24.4. The van der Waals surface area contributed by atoms with Crippen LogP contribution in [0, 0.1) is 5.82 Å². The molecule has 1 N–H and O–H groups in total. The number of nitrogens with zero attached hydrogens (tertiary/aromatic N) is 1. The summed E-state index contributed by atoms with van der Waals surface area (Å²) < 4.78 is 41.3. The van der Waals surface area contributed by atoms with Gasteiger partial charge in [-0.05, 0) is 83.8 Å². The predicted octanol–water partition coefficient (Wildman–Crippen LogP) is 5.91. The summed E-state index contributed by atoms with van der Waals surface area (Å²) in [5.41, 5.74) is 5.41. The van der Waals surface area contributed by atoms with Gasteiger partial charge in [-0.2, -0.15) is 0 Å². The zero-order chi connectivity index (χ0) is 24.5. The lowest BCUT2D eigenvalue weighted by Crippen LogP contribution is -2.38. The third-order valence-electron chi connectivity index (χ3n) is 6.60. The smallest absolute Gasteiger partial charge is 0.261 e. The van der Waals surface area contributed by atoms with Crippen molar-refractivity contribution >= 4 is 15.7 Å². The van der Waals surface area contributed by atoms with E-state index in [1.807, 2.05) is 6.07 Å². The number of nitrogens with one attached hydrogen (secondary N) is 1. The lowest BCUT2D eigenvalue weighted by molar-refractivity contribution is 0.189. The Morgan fingerprint density at radius 2 is 1.65 bits per heavy atom. The molecule has 0 saturated heterocycles. The van der Waals surface area contributed by atoms with Crippen LogP contribution in [0.5, 0.6) is 0 Å². The van der Waals surface area contributed by atoms with Crippen LogP contribution in [0.2, 0.25) is 0 Å². The first-order chi connectivity index (χ1) is 16.0. The van der Waals surface area contributed by atoms with E-state index in [0.29, 0.717) is 11.7 Å². The summed E-state index contributed by atoms with van der Waals surface area (Å²) in [6, 6.07) is 20.0. The van der Waals surface area contributed by atoms with Crippen LogP contribution < -0.4 is 4.72 Å². The van der Waals surface area contributed by atoms with Crippen LogP contribution in [0.25, 0.3) is 0 Å². The third kappa shape index (κ3) is 5.68. The summed E-state index contributed by atoms with van der Waals surface area (Å²) >= 11 is 0. The molecule has 34 heavy (non-hydrogen) atoms. The van der Waals surface area contributed by atoms with Gasteiger partial charge in [0, 0.05) is 24.8 Å².